The Kier molecular flexibility index (Phi) is 5.23. The molecule has 0 bridgehead atoms. The molecule has 2 nitrogen and oxygen atoms in total. The molecule has 0 radical (unpaired) electrons. The predicted molar refractivity (Wildman–Crippen MR) is 68.5 cm³/mol. The molecule has 0 fully saturated rings. The second kappa shape index (κ2) is 6.25. The second-order valence-corrected chi connectivity index (χ2v) is 4.91. The van der Waals surface area contributed by atoms with Crippen LogP contribution in [0.5, 0.6) is 0 Å². The molecule has 1 atom stereocenters. The average molecular weight is 257 g/mol. The van der Waals surface area contributed by atoms with Crippen molar-refractivity contribution in [2.75, 3.05) is 13.7 Å². The fraction of sp³-hybridized carbons (Fsp3) is 0.571. The van der Waals surface area contributed by atoms with E-state index in [-0.39, 0.29) is 11.6 Å². The monoisotopic (exact) mass is 257 g/mol. The van der Waals surface area contributed by atoms with Crippen LogP contribution >= 0.6 is 0 Å². The Morgan fingerprint density at radius 1 is 1.33 bits per heavy atom. The van der Waals surface area contributed by atoms with E-state index < -0.39 is 11.6 Å². The molecule has 1 N–H and O–H groups in total. The lowest BCUT2D eigenvalue weighted by Crippen LogP contribution is -2.30. The van der Waals surface area contributed by atoms with Crippen LogP contribution in [0.3, 0.4) is 0 Å². The van der Waals surface area contributed by atoms with Gasteiger partial charge in [0.2, 0.25) is 0 Å². The normalized spacial score (nSPS) is 13.7. The summed E-state index contributed by atoms with van der Waals surface area (Å²) in [6.45, 7) is 6.28. The fourth-order valence-electron chi connectivity index (χ4n) is 1.53. The predicted octanol–water partition coefficient (Wildman–Crippen LogP) is 3.43. The Morgan fingerprint density at radius 2 is 2.00 bits per heavy atom. The minimum atomic E-state index is -0.831. The molecule has 0 aromatic heterocycles. The van der Waals surface area contributed by atoms with Crippen LogP contribution in [0.2, 0.25) is 0 Å². The molecule has 4 heteroatoms. The van der Waals surface area contributed by atoms with Gasteiger partial charge in [0.25, 0.3) is 0 Å². The standard InChI is InChI=1S/C14H21F2NO/c1-5-14(2,3)18-9-12(17-4)10-7-6-8-11(15)13(10)16/h6-8,12,17H,5,9H2,1-4H3. The molecule has 0 saturated heterocycles. The Bertz CT molecular complexity index is 393. The van der Waals surface area contributed by atoms with Crippen molar-refractivity contribution in [2.45, 2.75) is 38.8 Å². The van der Waals surface area contributed by atoms with Gasteiger partial charge in [0.15, 0.2) is 11.6 Å². The highest BCUT2D eigenvalue weighted by Gasteiger charge is 2.21. The topological polar surface area (TPSA) is 21.3 Å². The van der Waals surface area contributed by atoms with E-state index in [1.54, 1.807) is 13.1 Å². The zero-order valence-electron chi connectivity index (χ0n) is 11.4. The number of benzene rings is 1. The molecule has 0 aliphatic carbocycles. The third-order valence-electron chi connectivity index (χ3n) is 3.20. The lowest BCUT2D eigenvalue weighted by Gasteiger charge is -2.27. The first kappa shape index (κ1) is 15.1. The van der Waals surface area contributed by atoms with Crippen molar-refractivity contribution in [3.05, 3.63) is 35.4 Å². The summed E-state index contributed by atoms with van der Waals surface area (Å²) in [5.74, 6) is -1.64. The maximum absolute atomic E-state index is 13.7. The summed E-state index contributed by atoms with van der Waals surface area (Å²) in [4.78, 5) is 0. The third-order valence-corrected chi connectivity index (χ3v) is 3.20. The lowest BCUT2D eigenvalue weighted by atomic mass is 10.0. The smallest absolute Gasteiger partial charge is 0.163 e. The summed E-state index contributed by atoms with van der Waals surface area (Å²) < 4.78 is 32.6. The number of hydrogen-bond acceptors (Lipinski definition) is 2. The average Bonchev–Trinajstić information content (AvgIpc) is 2.35. The molecule has 1 rings (SSSR count). The van der Waals surface area contributed by atoms with E-state index in [1.165, 1.54) is 6.07 Å². The highest BCUT2D eigenvalue weighted by molar-refractivity contribution is 5.22. The van der Waals surface area contributed by atoms with Gasteiger partial charge >= 0.3 is 0 Å². The van der Waals surface area contributed by atoms with Crippen LogP contribution in [0.4, 0.5) is 8.78 Å². The molecule has 0 aliphatic rings. The molecular weight excluding hydrogens is 236 g/mol. The third kappa shape index (κ3) is 3.75. The zero-order valence-corrected chi connectivity index (χ0v) is 11.4. The van der Waals surface area contributed by atoms with Crippen LogP contribution in [0, 0.1) is 11.6 Å². The lowest BCUT2D eigenvalue weighted by molar-refractivity contribution is -0.0304. The van der Waals surface area contributed by atoms with E-state index >= 15 is 0 Å². The van der Waals surface area contributed by atoms with Crippen LogP contribution in [-0.4, -0.2) is 19.3 Å². The van der Waals surface area contributed by atoms with Gasteiger partial charge < -0.3 is 10.1 Å². The molecule has 18 heavy (non-hydrogen) atoms. The van der Waals surface area contributed by atoms with Gasteiger partial charge in [-0.1, -0.05) is 19.1 Å². The highest BCUT2D eigenvalue weighted by atomic mass is 19.2. The maximum Gasteiger partial charge on any atom is 0.163 e. The minimum absolute atomic E-state index is 0.265. The van der Waals surface area contributed by atoms with Crippen molar-refractivity contribution in [1.29, 1.82) is 0 Å². The Hall–Kier alpha value is -1.00. The summed E-state index contributed by atoms with van der Waals surface area (Å²) in [6, 6.07) is 3.83. The summed E-state index contributed by atoms with van der Waals surface area (Å²) in [7, 11) is 1.71. The van der Waals surface area contributed by atoms with E-state index in [9.17, 15) is 8.78 Å². The van der Waals surface area contributed by atoms with Crippen molar-refractivity contribution in [3.63, 3.8) is 0 Å². The van der Waals surface area contributed by atoms with Crippen LogP contribution in [0.1, 0.15) is 38.8 Å². The minimum Gasteiger partial charge on any atom is -0.374 e. The van der Waals surface area contributed by atoms with Gasteiger partial charge in [0.05, 0.1) is 18.2 Å². The molecular formula is C14H21F2NO. The molecule has 1 aromatic rings. The van der Waals surface area contributed by atoms with E-state index in [0.717, 1.165) is 12.5 Å². The number of ether oxygens (including phenoxy) is 1. The van der Waals surface area contributed by atoms with Crippen molar-refractivity contribution in [2.24, 2.45) is 0 Å². The van der Waals surface area contributed by atoms with Gasteiger partial charge in [-0.05, 0) is 33.4 Å². The van der Waals surface area contributed by atoms with E-state index in [0.29, 0.717) is 12.2 Å². The fourth-order valence-corrected chi connectivity index (χ4v) is 1.53. The summed E-state index contributed by atoms with van der Waals surface area (Å²) in [6.07, 6.45) is 0.856. The molecule has 0 saturated carbocycles. The highest BCUT2D eigenvalue weighted by Crippen LogP contribution is 2.22. The molecule has 0 spiro atoms. The van der Waals surface area contributed by atoms with E-state index in [2.05, 4.69) is 5.32 Å². The molecule has 102 valence electrons. The van der Waals surface area contributed by atoms with Crippen molar-refractivity contribution in [3.8, 4) is 0 Å². The van der Waals surface area contributed by atoms with Crippen molar-refractivity contribution < 1.29 is 13.5 Å². The first-order valence-electron chi connectivity index (χ1n) is 6.16. The Morgan fingerprint density at radius 3 is 2.56 bits per heavy atom. The number of likely N-dealkylation sites (N-methyl/N-ethyl adjacent to an activating group) is 1. The summed E-state index contributed by atoms with van der Waals surface area (Å²) in [5, 5.41) is 2.95. The van der Waals surface area contributed by atoms with Crippen LogP contribution in [-0.2, 0) is 4.74 Å². The van der Waals surface area contributed by atoms with Crippen LogP contribution in [0.25, 0.3) is 0 Å². The van der Waals surface area contributed by atoms with Crippen molar-refractivity contribution >= 4 is 0 Å². The second-order valence-electron chi connectivity index (χ2n) is 4.91. The number of rotatable bonds is 6. The van der Waals surface area contributed by atoms with Gasteiger partial charge in [0, 0.05) is 5.56 Å². The molecule has 1 aromatic carbocycles. The number of halogens is 2. The summed E-state index contributed by atoms with van der Waals surface area (Å²) in [5.41, 5.74) is 0.0308. The largest absolute Gasteiger partial charge is 0.374 e. The maximum atomic E-state index is 13.7. The number of nitrogens with one attached hydrogen (secondary N) is 1. The first-order chi connectivity index (χ1) is 8.41. The molecule has 0 amide bonds. The van der Waals surface area contributed by atoms with Crippen LogP contribution < -0.4 is 5.32 Å². The van der Waals surface area contributed by atoms with E-state index in [4.69, 9.17) is 4.74 Å². The van der Waals surface area contributed by atoms with Crippen molar-refractivity contribution in [1.82, 2.24) is 5.32 Å². The summed E-state index contributed by atoms with van der Waals surface area (Å²) >= 11 is 0. The molecule has 0 aliphatic heterocycles. The van der Waals surface area contributed by atoms with Gasteiger partial charge in [-0.15, -0.1) is 0 Å². The van der Waals surface area contributed by atoms with Gasteiger partial charge in [-0.3, -0.25) is 0 Å². The quantitative estimate of drug-likeness (QED) is 0.843. The van der Waals surface area contributed by atoms with Crippen LogP contribution in [0.15, 0.2) is 18.2 Å². The SMILES string of the molecule is CCC(C)(C)OCC(NC)c1cccc(F)c1F. The molecule has 0 heterocycles. The van der Waals surface area contributed by atoms with E-state index in [1.807, 2.05) is 20.8 Å². The number of hydrogen-bond donors (Lipinski definition) is 1. The first-order valence-corrected chi connectivity index (χ1v) is 6.16. The Balaban J connectivity index is 2.81. The Labute approximate surface area is 107 Å². The zero-order chi connectivity index (χ0) is 13.8. The molecule has 1 unspecified atom stereocenters. The van der Waals surface area contributed by atoms with Gasteiger partial charge in [0.1, 0.15) is 0 Å². The van der Waals surface area contributed by atoms with Gasteiger partial charge in [-0.25, -0.2) is 8.78 Å². The van der Waals surface area contributed by atoms with Gasteiger partial charge in [-0.2, -0.15) is 0 Å².